The molecule has 0 saturated carbocycles. The normalized spacial score (nSPS) is 10.5. The van der Waals surface area contributed by atoms with Crippen molar-refractivity contribution in [3.63, 3.8) is 0 Å². The second-order valence-corrected chi connectivity index (χ2v) is 4.84. The molecule has 0 radical (unpaired) electrons. The van der Waals surface area contributed by atoms with Gasteiger partial charge >= 0.3 is 0 Å². The molecule has 0 unspecified atom stereocenters. The van der Waals surface area contributed by atoms with E-state index < -0.39 is 0 Å². The second-order valence-electron chi connectivity index (χ2n) is 4.84. The van der Waals surface area contributed by atoms with Crippen LogP contribution in [0.5, 0.6) is 0 Å². The highest BCUT2D eigenvalue weighted by molar-refractivity contribution is 6.11. The van der Waals surface area contributed by atoms with Crippen LogP contribution in [0.1, 0.15) is 10.4 Å². The molecule has 2 aromatic carbocycles. The molecule has 21 heavy (non-hydrogen) atoms. The number of hydrogen-bond acceptors (Lipinski definition) is 3. The van der Waals surface area contributed by atoms with E-state index in [9.17, 15) is 4.79 Å². The molecular weight excluding hydrogens is 262 g/mol. The molecular formula is C17H15N3O. The first-order valence-corrected chi connectivity index (χ1v) is 6.64. The fourth-order valence-electron chi connectivity index (χ4n) is 2.28. The number of nitrogens with two attached hydrogens (primary N) is 1. The van der Waals surface area contributed by atoms with Gasteiger partial charge in [0.05, 0.1) is 5.56 Å². The Morgan fingerprint density at radius 2 is 1.71 bits per heavy atom. The third kappa shape index (κ3) is 2.43. The Hall–Kier alpha value is -2.88. The van der Waals surface area contributed by atoms with Crippen molar-refractivity contribution in [3.05, 3.63) is 66.4 Å². The lowest BCUT2D eigenvalue weighted by Gasteiger charge is -2.17. The van der Waals surface area contributed by atoms with Crippen LogP contribution in [0, 0.1) is 0 Å². The van der Waals surface area contributed by atoms with Crippen LogP contribution in [0.2, 0.25) is 0 Å². The molecule has 0 aliphatic rings. The van der Waals surface area contributed by atoms with E-state index in [0.29, 0.717) is 17.1 Å². The van der Waals surface area contributed by atoms with E-state index in [1.54, 1.807) is 19.3 Å². The Balaban J connectivity index is 2.03. The number of amides is 1. The predicted molar refractivity (Wildman–Crippen MR) is 85.3 cm³/mol. The lowest BCUT2D eigenvalue weighted by molar-refractivity contribution is 0.0993. The number of pyridine rings is 1. The van der Waals surface area contributed by atoms with Gasteiger partial charge in [-0.05, 0) is 35.0 Å². The minimum absolute atomic E-state index is 0.169. The minimum Gasteiger partial charge on any atom is -0.398 e. The van der Waals surface area contributed by atoms with E-state index in [1.807, 2.05) is 48.5 Å². The van der Waals surface area contributed by atoms with Gasteiger partial charge in [-0.3, -0.25) is 9.69 Å². The van der Waals surface area contributed by atoms with Crippen LogP contribution in [-0.2, 0) is 0 Å². The Bertz CT molecular complexity index is 799. The Morgan fingerprint density at radius 3 is 2.38 bits per heavy atom. The second kappa shape index (κ2) is 5.25. The molecule has 0 atom stereocenters. The molecule has 3 rings (SSSR count). The van der Waals surface area contributed by atoms with Crippen LogP contribution in [-0.4, -0.2) is 17.9 Å². The van der Waals surface area contributed by atoms with Gasteiger partial charge in [0.1, 0.15) is 5.82 Å². The molecule has 0 fully saturated rings. The summed E-state index contributed by atoms with van der Waals surface area (Å²) >= 11 is 0. The molecule has 4 heteroatoms. The monoisotopic (exact) mass is 277 g/mol. The van der Waals surface area contributed by atoms with Crippen molar-refractivity contribution in [2.24, 2.45) is 0 Å². The van der Waals surface area contributed by atoms with Gasteiger partial charge in [0, 0.05) is 18.9 Å². The molecule has 104 valence electrons. The summed E-state index contributed by atoms with van der Waals surface area (Å²) < 4.78 is 0. The van der Waals surface area contributed by atoms with Gasteiger partial charge in [-0.25, -0.2) is 4.98 Å². The van der Waals surface area contributed by atoms with Gasteiger partial charge in [0.25, 0.3) is 5.91 Å². The molecule has 0 bridgehead atoms. The van der Waals surface area contributed by atoms with E-state index in [0.717, 1.165) is 10.8 Å². The molecule has 0 aliphatic heterocycles. The van der Waals surface area contributed by atoms with Gasteiger partial charge in [0.2, 0.25) is 0 Å². The molecule has 4 nitrogen and oxygen atoms in total. The topological polar surface area (TPSA) is 59.2 Å². The van der Waals surface area contributed by atoms with Crippen LogP contribution in [0.3, 0.4) is 0 Å². The lowest BCUT2D eigenvalue weighted by Crippen LogP contribution is -2.27. The first-order valence-electron chi connectivity index (χ1n) is 6.64. The number of aromatic nitrogens is 1. The third-order valence-electron chi connectivity index (χ3n) is 3.45. The number of benzene rings is 2. The third-order valence-corrected chi connectivity index (χ3v) is 3.45. The predicted octanol–water partition coefficient (Wildman–Crippen LogP) is 3.09. The number of fused-ring (bicyclic) bond motifs is 1. The molecule has 0 aliphatic carbocycles. The van der Waals surface area contributed by atoms with Crippen molar-refractivity contribution in [3.8, 4) is 0 Å². The summed E-state index contributed by atoms with van der Waals surface area (Å²) in [4.78, 5) is 18.3. The summed E-state index contributed by atoms with van der Waals surface area (Å²) in [5.74, 6) is 0.423. The standard InChI is InChI=1S/C17H15N3O/c1-20(16-8-4-5-9-19-16)17(21)14-10-12-6-2-3-7-13(12)11-15(14)18/h2-11H,18H2,1H3. The number of rotatable bonds is 2. The van der Waals surface area contributed by atoms with Crippen molar-refractivity contribution >= 4 is 28.2 Å². The molecule has 0 saturated heterocycles. The highest BCUT2D eigenvalue weighted by atomic mass is 16.2. The quantitative estimate of drug-likeness (QED) is 0.732. The maximum absolute atomic E-state index is 12.6. The van der Waals surface area contributed by atoms with Crippen LogP contribution in [0.15, 0.2) is 60.8 Å². The van der Waals surface area contributed by atoms with Crippen LogP contribution >= 0.6 is 0 Å². The Morgan fingerprint density at radius 1 is 1.05 bits per heavy atom. The van der Waals surface area contributed by atoms with Crippen molar-refractivity contribution in [1.82, 2.24) is 4.98 Å². The maximum Gasteiger partial charge on any atom is 0.261 e. The zero-order valence-electron chi connectivity index (χ0n) is 11.7. The lowest BCUT2D eigenvalue weighted by atomic mass is 10.0. The van der Waals surface area contributed by atoms with Crippen molar-refractivity contribution < 1.29 is 4.79 Å². The molecule has 1 amide bonds. The van der Waals surface area contributed by atoms with E-state index in [-0.39, 0.29) is 5.91 Å². The first kappa shape index (κ1) is 13.1. The van der Waals surface area contributed by atoms with E-state index in [1.165, 1.54) is 4.90 Å². The van der Waals surface area contributed by atoms with Gasteiger partial charge < -0.3 is 5.73 Å². The number of nitrogen functional groups attached to an aromatic ring is 1. The Kier molecular flexibility index (Phi) is 3.28. The minimum atomic E-state index is -0.169. The number of anilines is 2. The summed E-state index contributed by atoms with van der Waals surface area (Å²) in [5.41, 5.74) is 7.00. The SMILES string of the molecule is CN(C(=O)c1cc2ccccc2cc1N)c1ccccn1. The van der Waals surface area contributed by atoms with Gasteiger partial charge in [-0.1, -0.05) is 30.3 Å². The highest BCUT2D eigenvalue weighted by Crippen LogP contribution is 2.24. The highest BCUT2D eigenvalue weighted by Gasteiger charge is 2.17. The van der Waals surface area contributed by atoms with Gasteiger partial charge in [-0.15, -0.1) is 0 Å². The van der Waals surface area contributed by atoms with E-state index in [4.69, 9.17) is 5.73 Å². The van der Waals surface area contributed by atoms with Crippen molar-refractivity contribution in [1.29, 1.82) is 0 Å². The molecule has 0 spiro atoms. The van der Waals surface area contributed by atoms with Crippen molar-refractivity contribution in [2.75, 3.05) is 17.7 Å². The maximum atomic E-state index is 12.6. The molecule has 3 aromatic rings. The smallest absolute Gasteiger partial charge is 0.261 e. The van der Waals surface area contributed by atoms with Crippen LogP contribution in [0.25, 0.3) is 10.8 Å². The number of carbonyl (C=O) groups excluding carboxylic acids is 1. The largest absolute Gasteiger partial charge is 0.398 e. The summed E-state index contributed by atoms with van der Waals surface area (Å²) in [5, 5.41) is 2.01. The van der Waals surface area contributed by atoms with Gasteiger partial charge in [0.15, 0.2) is 0 Å². The molecule has 2 N–H and O–H groups in total. The summed E-state index contributed by atoms with van der Waals surface area (Å²) in [6.45, 7) is 0. The summed E-state index contributed by atoms with van der Waals surface area (Å²) in [6.07, 6.45) is 1.66. The van der Waals surface area contributed by atoms with E-state index in [2.05, 4.69) is 4.98 Å². The van der Waals surface area contributed by atoms with Crippen LogP contribution < -0.4 is 10.6 Å². The summed E-state index contributed by atoms with van der Waals surface area (Å²) in [6, 6.07) is 16.9. The average molecular weight is 277 g/mol. The van der Waals surface area contributed by atoms with Gasteiger partial charge in [-0.2, -0.15) is 0 Å². The average Bonchev–Trinajstić information content (AvgIpc) is 2.53. The molecule has 1 heterocycles. The number of nitrogens with zero attached hydrogens (tertiary/aromatic N) is 2. The molecule has 1 aromatic heterocycles. The fourth-order valence-corrected chi connectivity index (χ4v) is 2.28. The van der Waals surface area contributed by atoms with Crippen molar-refractivity contribution in [2.45, 2.75) is 0 Å². The fraction of sp³-hybridized carbons (Fsp3) is 0.0588. The zero-order valence-corrected chi connectivity index (χ0v) is 11.7. The Labute approximate surface area is 122 Å². The first-order chi connectivity index (χ1) is 10.2. The number of carbonyl (C=O) groups is 1. The van der Waals surface area contributed by atoms with Crippen LogP contribution in [0.4, 0.5) is 11.5 Å². The van der Waals surface area contributed by atoms with E-state index >= 15 is 0 Å². The zero-order chi connectivity index (χ0) is 14.8. The summed E-state index contributed by atoms with van der Waals surface area (Å²) in [7, 11) is 1.69. The number of hydrogen-bond donors (Lipinski definition) is 1.